The smallest absolute Gasteiger partial charge is 0.130 e. The van der Waals surface area contributed by atoms with Gasteiger partial charge < -0.3 is 5.11 Å². The Balaban J connectivity index is 2.51. The lowest BCUT2D eigenvalue weighted by molar-refractivity contribution is -0.0512. The second-order valence-electron chi connectivity index (χ2n) is 5.22. The summed E-state index contributed by atoms with van der Waals surface area (Å²) in [5, 5.41) is 11.0. The van der Waals surface area contributed by atoms with E-state index in [1.165, 1.54) is 6.07 Å². The van der Waals surface area contributed by atoms with Crippen LogP contribution in [0.1, 0.15) is 38.7 Å². The lowest BCUT2D eigenvalue weighted by Gasteiger charge is -2.37. The summed E-state index contributed by atoms with van der Waals surface area (Å²) < 4.78 is 13.8. The van der Waals surface area contributed by atoms with E-state index in [1.807, 2.05) is 13.8 Å². The van der Waals surface area contributed by atoms with Gasteiger partial charge in [0, 0.05) is 10.6 Å². The Morgan fingerprint density at radius 3 is 2.50 bits per heavy atom. The Morgan fingerprint density at radius 1 is 1.31 bits per heavy atom. The Hall–Kier alpha value is -0.600. The average molecular weight is 243 g/mol. The summed E-state index contributed by atoms with van der Waals surface area (Å²) in [6, 6.07) is 4.50. The quantitative estimate of drug-likeness (QED) is 0.793. The maximum absolute atomic E-state index is 13.8. The van der Waals surface area contributed by atoms with Crippen molar-refractivity contribution in [2.24, 2.45) is 5.41 Å². The molecule has 0 saturated heterocycles. The average Bonchev–Trinajstić information content (AvgIpc) is 2.41. The fourth-order valence-corrected chi connectivity index (χ4v) is 2.81. The molecule has 1 fully saturated rings. The monoisotopic (exact) mass is 242 g/mol. The number of hydrogen-bond donors (Lipinski definition) is 1. The van der Waals surface area contributed by atoms with Crippen molar-refractivity contribution in [1.29, 1.82) is 0 Å². The molecule has 0 spiro atoms. The molecule has 1 unspecified atom stereocenters. The molecule has 0 radical (unpaired) electrons. The van der Waals surface area contributed by atoms with E-state index in [2.05, 4.69) is 0 Å². The van der Waals surface area contributed by atoms with E-state index in [9.17, 15) is 9.50 Å². The van der Waals surface area contributed by atoms with Crippen LogP contribution in [0, 0.1) is 11.2 Å². The maximum atomic E-state index is 13.8. The zero-order valence-corrected chi connectivity index (χ0v) is 10.3. The van der Waals surface area contributed by atoms with Crippen molar-refractivity contribution in [3.8, 4) is 0 Å². The SMILES string of the molecule is CC1(C)CCCC1(O)c1ccc(Cl)cc1F. The van der Waals surface area contributed by atoms with Crippen LogP contribution in [0.4, 0.5) is 4.39 Å². The van der Waals surface area contributed by atoms with Crippen LogP contribution >= 0.6 is 11.6 Å². The summed E-state index contributed by atoms with van der Waals surface area (Å²) in [7, 11) is 0. The summed E-state index contributed by atoms with van der Waals surface area (Å²) in [6.45, 7) is 3.96. The van der Waals surface area contributed by atoms with Crippen LogP contribution < -0.4 is 0 Å². The first-order valence-corrected chi connectivity index (χ1v) is 5.92. The highest BCUT2D eigenvalue weighted by molar-refractivity contribution is 6.30. The Labute approximate surface area is 100 Å². The zero-order chi connectivity index (χ0) is 12.0. The van der Waals surface area contributed by atoms with Crippen molar-refractivity contribution in [2.45, 2.75) is 38.7 Å². The molecule has 2 rings (SSSR count). The van der Waals surface area contributed by atoms with Crippen molar-refractivity contribution in [2.75, 3.05) is 0 Å². The van der Waals surface area contributed by atoms with Crippen LogP contribution in [0.2, 0.25) is 5.02 Å². The minimum absolute atomic E-state index is 0.290. The van der Waals surface area contributed by atoms with Crippen LogP contribution in [0.15, 0.2) is 18.2 Å². The van der Waals surface area contributed by atoms with Gasteiger partial charge in [-0.2, -0.15) is 0 Å². The predicted octanol–water partition coefficient (Wildman–Crippen LogP) is 3.88. The second kappa shape index (κ2) is 3.71. The van der Waals surface area contributed by atoms with E-state index in [1.54, 1.807) is 12.1 Å². The largest absolute Gasteiger partial charge is 0.384 e. The Morgan fingerprint density at radius 2 is 2.00 bits per heavy atom. The van der Waals surface area contributed by atoms with E-state index in [4.69, 9.17) is 11.6 Å². The molecule has 0 amide bonds. The zero-order valence-electron chi connectivity index (χ0n) is 9.56. The normalized spacial score (nSPS) is 28.3. The Bertz CT molecular complexity index is 416. The summed E-state index contributed by atoms with van der Waals surface area (Å²) in [5.41, 5.74) is -0.983. The molecule has 1 aliphatic carbocycles. The van der Waals surface area contributed by atoms with E-state index < -0.39 is 11.4 Å². The topological polar surface area (TPSA) is 20.2 Å². The van der Waals surface area contributed by atoms with Gasteiger partial charge in [-0.25, -0.2) is 4.39 Å². The van der Waals surface area contributed by atoms with Crippen LogP contribution in [-0.2, 0) is 5.60 Å². The summed E-state index contributed by atoms with van der Waals surface area (Å²) in [5.74, 6) is -0.412. The molecule has 1 saturated carbocycles. The molecule has 1 nitrogen and oxygen atoms in total. The van der Waals surface area contributed by atoms with Crippen molar-refractivity contribution in [1.82, 2.24) is 0 Å². The molecule has 1 aromatic carbocycles. The molecule has 0 bridgehead atoms. The molecule has 3 heteroatoms. The minimum atomic E-state index is -1.07. The van der Waals surface area contributed by atoms with Gasteiger partial charge in [0.25, 0.3) is 0 Å². The molecular formula is C13H16ClFO. The van der Waals surface area contributed by atoms with Crippen LogP contribution in [0.25, 0.3) is 0 Å². The summed E-state index contributed by atoms with van der Waals surface area (Å²) >= 11 is 5.72. The van der Waals surface area contributed by atoms with Crippen LogP contribution in [0.5, 0.6) is 0 Å². The molecule has 0 aliphatic heterocycles. The number of halogens is 2. The van der Waals surface area contributed by atoms with Gasteiger partial charge in [-0.3, -0.25) is 0 Å². The number of hydrogen-bond acceptors (Lipinski definition) is 1. The lowest BCUT2D eigenvalue weighted by Crippen LogP contribution is -2.37. The standard InChI is InChI=1S/C13H16ClFO/c1-12(2)6-3-7-13(12,16)10-5-4-9(14)8-11(10)15/h4-5,8,16H,3,6-7H2,1-2H3. The highest BCUT2D eigenvalue weighted by Crippen LogP contribution is 2.52. The van der Waals surface area contributed by atoms with Gasteiger partial charge >= 0.3 is 0 Å². The first-order chi connectivity index (χ1) is 7.37. The van der Waals surface area contributed by atoms with E-state index in [-0.39, 0.29) is 5.41 Å². The third-order valence-corrected chi connectivity index (χ3v) is 4.07. The third-order valence-electron chi connectivity index (χ3n) is 3.84. The molecule has 0 heterocycles. The second-order valence-corrected chi connectivity index (χ2v) is 5.66. The minimum Gasteiger partial charge on any atom is -0.384 e. The first kappa shape index (κ1) is 11.9. The number of aliphatic hydroxyl groups is 1. The van der Waals surface area contributed by atoms with E-state index in [0.717, 1.165) is 12.8 Å². The molecule has 88 valence electrons. The van der Waals surface area contributed by atoms with Gasteiger partial charge in [0.05, 0.1) is 5.60 Å². The first-order valence-electron chi connectivity index (χ1n) is 5.55. The number of benzene rings is 1. The van der Waals surface area contributed by atoms with E-state index >= 15 is 0 Å². The highest BCUT2D eigenvalue weighted by atomic mass is 35.5. The predicted molar refractivity (Wildman–Crippen MR) is 62.9 cm³/mol. The van der Waals surface area contributed by atoms with Crippen molar-refractivity contribution < 1.29 is 9.50 Å². The summed E-state index contributed by atoms with van der Waals surface area (Å²) in [4.78, 5) is 0. The fourth-order valence-electron chi connectivity index (χ4n) is 2.66. The molecule has 0 aromatic heterocycles. The van der Waals surface area contributed by atoms with Gasteiger partial charge in [-0.1, -0.05) is 31.5 Å². The third kappa shape index (κ3) is 1.64. The van der Waals surface area contributed by atoms with Gasteiger partial charge in [0.15, 0.2) is 0 Å². The molecule has 1 N–H and O–H groups in total. The molecule has 1 aromatic rings. The molecule has 16 heavy (non-hydrogen) atoms. The van der Waals surface area contributed by atoms with E-state index in [0.29, 0.717) is 17.0 Å². The molecular weight excluding hydrogens is 227 g/mol. The maximum Gasteiger partial charge on any atom is 0.130 e. The summed E-state index contributed by atoms with van der Waals surface area (Å²) in [6.07, 6.45) is 2.44. The van der Waals surface area contributed by atoms with Gasteiger partial charge in [0.2, 0.25) is 0 Å². The van der Waals surface area contributed by atoms with Crippen LogP contribution in [0.3, 0.4) is 0 Å². The number of rotatable bonds is 1. The van der Waals surface area contributed by atoms with Crippen LogP contribution in [-0.4, -0.2) is 5.11 Å². The van der Waals surface area contributed by atoms with Gasteiger partial charge in [-0.05, 0) is 36.8 Å². The molecule has 1 aliphatic rings. The fraction of sp³-hybridized carbons (Fsp3) is 0.538. The van der Waals surface area contributed by atoms with Gasteiger partial charge in [0.1, 0.15) is 5.82 Å². The van der Waals surface area contributed by atoms with Gasteiger partial charge in [-0.15, -0.1) is 0 Å². The lowest BCUT2D eigenvalue weighted by atomic mass is 9.73. The van der Waals surface area contributed by atoms with Crippen molar-refractivity contribution in [3.63, 3.8) is 0 Å². The highest BCUT2D eigenvalue weighted by Gasteiger charge is 2.49. The molecule has 1 atom stereocenters. The Kier molecular flexibility index (Phi) is 2.75. The van der Waals surface area contributed by atoms with Crippen molar-refractivity contribution in [3.05, 3.63) is 34.6 Å². The van der Waals surface area contributed by atoms with Crippen molar-refractivity contribution >= 4 is 11.6 Å².